The minimum Gasteiger partial charge on any atom is -0.383 e. The van der Waals surface area contributed by atoms with E-state index in [9.17, 15) is 14.4 Å². The quantitative estimate of drug-likeness (QED) is 0.584. The summed E-state index contributed by atoms with van der Waals surface area (Å²) in [6.07, 6.45) is 1.60. The van der Waals surface area contributed by atoms with Crippen molar-refractivity contribution in [3.8, 4) is 0 Å². The summed E-state index contributed by atoms with van der Waals surface area (Å²) < 4.78 is 1.32. The number of aromatic amines is 1. The van der Waals surface area contributed by atoms with Gasteiger partial charge in [0.15, 0.2) is 5.69 Å². The molecule has 158 valence electrons. The summed E-state index contributed by atoms with van der Waals surface area (Å²) in [6, 6.07) is 7.25. The van der Waals surface area contributed by atoms with Crippen LogP contribution >= 0.6 is 23.4 Å². The molecular weight excluding hydrogens is 412 g/mol. The number of anilines is 2. The highest BCUT2D eigenvalue weighted by Crippen LogP contribution is 2.28. The average Bonchev–Trinajstić information content (AvgIpc) is 2.65. The van der Waals surface area contributed by atoms with Crippen molar-refractivity contribution < 1.29 is 4.79 Å². The molecule has 0 saturated carbocycles. The monoisotopic (exact) mass is 438 g/mol. The van der Waals surface area contributed by atoms with Crippen molar-refractivity contribution in [3.63, 3.8) is 0 Å². The van der Waals surface area contributed by atoms with Gasteiger partial charge in [-0.1, -0.05) is 50.9 Å². The van der Waals surface area contributed by atoms with Gasteiger partial charge in [-0.25, -0.2) is 4.79 Å². The molecule has 7 nitrogen and oxygen atoms in total. The number of aromatic nitrogens is 2. The van der Waals surface area contributed by atoms with Gasteiger partial charge in [-0.2, -0.15) is 0 Å². The molecule has 1 aromatic heterocycles. The Morgan fingerprint density at radius 3 is 2.62 bits per heavy atom. The fourth-order valence-corrected chi connectivity index (χ4v) is 3.95. The van der Waals surface area contributed by atoms with Crippen LogP contribution in [-0.4, -0.2) is 27.8 Å². The summed E-state index contributed by atoms with van der Waals surface area (Å²) in [5.74, 6) is -0.0757. The molecule has 0 spiro atoms. The standard InChI is InChI=1S/C20H27ClN4O3S/c1-4-5-10-24-18(22)17(19(27)23-20(24)28)25(11-13(2)3)16(26)12-29-15-9-7-6-8-14(15)21/h6-9,13H,4-5,10-12,22H2,1-3H3,(H,23,27,28). The summed E-state index contributed by atoms with van der Waals surface area (Å²) >= 11 is 7.46. The van der Waals surface area contributed by atoms with Gasteiger partial charge in [-0.15, -0.1) is 11.8 Å². The van der Waals surface area contributed by atoms with E-state index in [0.29, 0.717) is 18.1 Å². The molecule has 0 aliphatic carbocycles. The van der Waals surface area contributed by atoms with E-state index in [1.54, 1.807) is 6.07 Å². The average molecular weight is 439 g/mol. The van der Waals surface area contributed by atoms with Crippen LogP contribution in [0.5, 0.6) is 0 Å². The molecule has 2 aromatic rings. The summed E-state index contributed by atoms with van der Waals surface area (Å²) in [5, 5.41) is 0.561. The number of nitrogen functional groups attached to an aromatic ring is 1. The maximum atomic E-state index is 13.0. The number of rotatable bonds is 9. The smallest absolute Gasteiger partial charge is 0.330 e. The van der Waals surface area contributed by atoms with Gasteiger partial charge >= 0.3 is 5.69 Å². The molecule has 0 saturated heterocycles. The molecule has 3 N–H and O–H groups in total. The van der Waals surface area contributed by atoms with Crippen LogP contribution in [-0.2, 0) is 11.3 Å². The number of nitrogens with one attached hydrogen (secondary N) is 1. The van der Waals surface area contributed by atoms with E-state index in [2.05, 4.69) is 4.98 Å². The lowest BCUT2D eigenvalue weighted by atomic mass is 10.2. The van der Waals surface area contributed by atoms with Crippen LogP contribution in [0.3, 0.4) is 0 Å². The third-order valence-electron chi connectivity index (χ3n) is 4.26. The largest absolute Gasteiger partial charge is 0.383 e. The molecule has 29 heavy (non-hydrogen) atoms. The zero-order chi connectivity index (χ0) is 21.6. The molecule has 0 aliphatic heterocycles. The van der Waals surface area contributed by atoms with Crippen LogP contribution in [0.2, 0.25) is 5.02 Å². The van der Waals surface area contributed by atoms with E-state index in [1.165, 1.54) is 21.2 Å². The molecule has 0 atom stereocenters. The molecule has 9 heteroatoms. The molecule has 0 aliphatic rings. The van der Waals surface area contributed by atoms with Crippen molar-refractivity contribution in [1.29, 1.82) is 0 Å². The highest BCUT2D eigenvalue weighted by atomic mass is 35.5. The van der Waals surface area contributed by atoms with E-state index in [4.69, 9.17) is 17.3 Å². The molecule has 2 rings (SSSR count). The number of halogens is 1. The Hall–Kier alpha value is -2.19. The van der Waals surface area contributed by atoms with Gasteiger partial charge in [0.05, 0.1) is 10.8 Å². The first-order chi connectivity index (χ1) is 13.8. The highest BCUT2D eigenvalue weighted by Gasteiger charge is 2.25. The van der Waals surface area contributed by atoms with Crippen molar-refractivity contribution in [2.45, 2.75) is 45.1 Å². The molecule has 1 aromatic carbocycles. The van der Waals surface area contributed by atoms with Crippen LogP contribution in [0.15, 0.2) is 38.8 Å². The van der Waals surface area contributed by atoms with Gasteiger partial charge in [0, 0.05) is 18.0 Å². The van der Waals surface area contributed by atoms with Crippen molar-refractivity contribution in [2.24, 2.45) is 5.92 Å². The Balaban J connectivity index is 2.39. The highest BCUT2D eigenvalue weighted by molar-refractivity contribution is 8.00. The van der Waals surface area contributed by atoms with Crippen LogP contribution in [0, 0.1) is 5.92 Å². The normalized spacial score (nSPS) is 11.1. The third-order valence-corrected chi connectivity index (χ3v) is 5.76. The van der Waals surface area contributed by atoms with Crippen LogP contribution in [0.25, 0.3) is 0 Å². The van der Waals surface area contributed by atoms with Gasteiger partial charge in [0.2, 0.25) is 5.91 Å². The van der Waals surface area contributed by atoms with E-state index < -0.39 is 11.2 Å². The van der Waals surface area contributed by atoms with Gasteiger partial charge in [-0.3, -0.25) is 19.1 Å². The summed E-state index contributed by atoms with van der Waals surface area (Å²) in [7, 11) is 0. The lowest BCUT2D eigenvalue weighted by molar-refractivity contribution is -0.116. The molecule has 1 amide bonds. The van der Waals surface area contributed by atoms with Crippen LogP contribution in [0.1, 0.15) is 33.6 Å². The number of thioether (sulfide) groups is 1. The summed E-state index contributed by atoms with van der Waals surface area (Å²) in [5.41, 5.74) is 5.00. The molecule has 0 fully saturated rings. The number of nitrogens with zero attached hydrogens (tertiary/aromatic N) is 2. The Morgan fingerprint density at radius 1 is 1.31 bits per heavy atom. The SMILES string of the molecule is CCCCn1c(N)c(N(CC(C)C)C(=O)CSc2ccccc2Cl)c(=O)[nH]c1=O. The molecule has 0 unspecified atom stereocenters. The van der Waals surface area contributed by atoms with Gasteiger partial charge in [0.1, 0.15) is 5.82 Å². The van der Waals surface area contributed by atoms with Crippen molar-refractivity contribution >= 4 is 40.8 Å². The Morgan fingerprint density at radius 2 is 2.00 bits per heavy atom. The second-order valence-electron chi connectivity index (χ2n) is 7.12. The van der Waals surface area contributed by atoms with Gasteiger partial charge in [0.25, 0.3) is 5.56 Å². The second kappa shape index (κ2) is 10.5. The van der Waals surface area contributed by atoms with E-state index in [1.807, 2.05) is 39.0 Å². The topological polar surface area (TPSA) is 101 Å². The van der Waals surface area contributed by atoms with Gasteiger partial charge < -0.3 is 10.6 Å². The van der Waals surface area contributed by atoms with Crippen molar-refractivity contribution in [3.05, 3.63) is 50.1 Å². The van der Waals surface area contributed by atoms with E-state index in [-0.39, 0.29) is 29.1 Å². The zero-order valence-electron chi connectivity index (χ0n) is 16.9. The lowest BCUT2D eigenvalue weighted by Crippen LogP contribution is -2.43. The van der Waals surface area contributed by atoms with Crippen LogP contribution in [0.4, 0.5) is 11.5 Å². The zero-order valence-corrected chi connectivity index (χ0v) is 18.5. The Bertz CT molecular complexity index is 971. The number of carbonyl (C=O) groups excluding carboxylic acids is 1. The first-order valence-corrected chi connectivity index (χ1v) is 10.9. The number of hydrogen-bond acceptors (Lipinski definition) is 5. The van der Waals surface area contributed by atoms with Crippen LogP contribution < -0.4 is 21.9 Å². The molecule has 1 heterocycles. The number of amides is 1. The lowest BCUT2D eigenvalue weighted by Gasteiger charge is -2.26. The van der Waals surface area contributed by atoms with E-state index >= 15 is 0 Å². The first kappa shape index (κ1) is 23.1. The molecular formula is C20H27ClN4O3S. The summed E-state index contributed by atoms with van der Waals surface area (Å²) in [6.45, 7) is 6.57. The number of unbranched alkanes of at least 4 members (excludes halogenated alkanes) is 1. The summed E-state index contributed by atoms with van der Waals surface area (Å²) in [4.78, 5) is 42.3. The molecule has 0 radical (unpaired) electrons. The first-order valence-electron chi connectivity index (χ1n) is 9.56. The molecule has 0 bridgehead atoms. The maximum absolute atomic E-state index is 13.0. The third kappa shape index (κ3) is 5.90. The number of benzene rings is 1. The Kier molecular flexibility index (Phi) is 8.40. The van der Waals surface area contributed by atoms with E-state index in [0.717, 1.165) is 17.7 Å². The van der Waals surface area contributed by atoms with Crippen molar-refractivity contribution in [2.75, 3.05) is 22.9 Å². The number of H-pyrrole nitrogens is 1. The predicted molar refractivity (Wildman–Crippen MR) is 120 cm³/mol. The number of nitrogens with two attached hydrogens (primary N) is 1. The fraction of sp³-hybridized carbons (Fsp3) is 0.450. The maximum Gasteiger partial charge on any atom is 0.330 e. The fourth-order valence-electron chi connectivity index (χ4n) is 2.84. The minimum atomic E-state index is -0.656. The van der Waals surface area contributed by atoms with Gasteiger partial charge in [-0.05, 0) is 24.5 Å². The Labute approximate surface area is 179 Å². The van der Waals surface area contributed by atoms with Crippen molar-refractivity contribution in [1.82, 2.24) is 9.55 Å². The second-order valence-corrected chi connectivity index (χ2v) is 8.54. The number of carbonyl (C=O) groups is 1. The predicted octanol–water partition coefficient (Wildman–Crippen LogP) is 3.35. The minimum absolute atomic E-state index is 0.0175. The number of hydrogen-bond donors (Lipinski definition) is 2.